The van der Waals surface area contributed by atoms with E-state index in [1.165, 1.54) is 6.20 Å². The number of hydrogen-bond donors (Lipinski definition) is 1. The lowest BCUT2D eigenvalue weighted by Crippen LogP contribution is -1.82. The number of rotatable bonds is 2. The predicted molar refractivity (Wildman–Crippen MR) is 79.0 cm³/mol. The zero-order chi connectivity index (χ0) is 13.2. The number of fused-ring (bicyclic) bond motifs is 1. The van der Waals surface area contributed by atoms with Crippen LogP contribution in [0.15, 0.2) is 64.5 Å². The van der Waals surface area contributed by atoms with Gasteiger partial charge in [0.2, 0.25) is 0 Å². The van der Waals surface area contributed by atoms with Gasteiger partial charge in [0.25, 0.3) is 0 Å². The molecule has 0 unspecified atom stereocenters. The number of halogens is 1. The molecule has 0 aliphatic rings. The molecule has 1 N–H and O–H groups in total. The third-order valence-corrected chi connectivity index (χ3v) is 4.07. The summed E-state index contributed by atoms with van der Waals surface area (Å²) in [5, 5.41) is 11.6. The Bertz CT molecular complexity index is 731. The first-order valence-corrected chi connectivity index (χ1v) is 6.93. The molecule has 94 valence electrons. The Morgan fingerprint density at radius 2 is 1.74 bits per heavy atom. The molecule has 2 aromatic carbocycles. The van der Waals surface area contributed by atoms with Crippen LogP contribution in [0.2, 0.25) is 5.15 Å². The van der Waals surface area contributed by atoms with Crippen LogP contribution in [0.5, 0.6) is 5.75 Å². The van der Waals surface area contributed by atoms with Crippen molar-refractivity contribution in [3.05, 3.63) is 59.9 Å². The van der Waals surface area contributed by atoms with E-state index in [4.69, 9.17) is 11.6 Å². The first-order valence-electron chi connectivity index (χ1n) is 5.74. The second kappa shape index (κ2) is 5.11. The Hall–Kier alpha value is -1.71. The Labute approximate surface area is 120 Å². The van der Waals surface area contributed by atoms with Gasteiger partial charge in [-0.1, -0.05) is 41.6 Å². The quantitative estimate of drug-likeness (QED) is 0.691. The Kier molecular flexibility index (Phi) is 3.32. The summed E-state index contributed by atoms with van der Waals surface area (Å²) in [5.74, 6) is 0.149. The van der Waals surface area contributed by atoms with Gasteiger partial charge in [-0.25, -0.2) is 4.98 Å². The van der Waals surface area contributed by atoms with Gasteiger partial charge in [-0.2, -0.15) is 0 Å². The van der Waals surface area contributed by atoms with Crippen molar-refractivity contribution >= 4 is 34.1 Å². The molecule has 2 nitrogen and oxygen atoms in total. The summed E-state index contributed by atoms with van der Waals surface area (Å²) in [6.07, 6.45) is 1.37. The number of nitrogens with zero attached hydrogens (tertiary/aromatic N) is 1. The van der Waals surface area contributed by atoms with Crippen LogP contribution >= 0.6 is 23.4 Å². The summed E-state index contributed by atoms with van der Waals surface area (Å²) in [5.41, 5.74) is 0. The van der Waals surface area contributed by atoms with Gasteiger partial charge in [-0.3, -0.25) is 0 Å². The molecule has 0 radical (unpaired) electrons. The molecule has 3 aromatic rings. The normalized spacial score (nSPS) is 10.8. The van der Waals surface area contributed by atoms with Crippen molar-refractivity contribution < 1.29 is 5.11 Å². The molecule has 19 heavy (non-hydrogen) atoms. The summed E-state index contributed by atoms with van der Waals surface area (Å²) in [6, 6.07) is 15.9. The highest BCUT2D eigenvalue weighted by molar-refractivity contribution is 7.99. The molecular weight excluding hydrogens is 278 g/mol. The lowest BCUT2D eigenvalue weighted by atomic mass is 10.2. The molecule has 1 heterocycles. The van der Waals surface area contributed by atoms with Crippen molar-refractivity contribution in [2.75, 3.05) is 0 Å². The molecule has 0 saturated heterocycles. The molecule has 0 aliphatic carbocycles. The maximum atomic E-state index is 9.75. The van der Waals surface area contributed by atoms with Gasteiger partial charge in [0.15, 0.2) is 0 Å². The monoisotopic (exact) mass is 287 g/mol. The van der Waals surface area contributed by atoms with Crippen molar-refractivity contribution in [1.29, 1.82) is 0 Å². The summed E-state index contributed by atoms with van der Waals surface area (Å²) >= 11 is 7.72. The van der Waals surface area contributed by atoms with Gasteiger partial charge in [-0.05, 0) is 30.3 Å². The lowest BCUT2D eigenvalue weighted by molar-refractivity contribution is 0.479. The fourth-order valence-electron chi connectivity index (χ4n) is 1.86. The first-order chi connectivity index (χ1) is 9.24. The minimum atomic E-state index is 0.149. The van der Waals surface area contributed by atoms with Crippen LogP contribution in [0.3, 0.4) is 0 Å². The van der Waals surface area contributed by atoms with E-state index in [-0.39, 0.29) is 5.75 Å². The minimum absolute atomic E-state index is 0.149. The highest BCUT2D eigenvalue weighted by Gasteiger charge is 2.07. The van der Waals surface area contributed by atoms with Crippen LogP contribution in [0.4, 0.5) is 0 Å². The van der Waals surface area contributed by atoms with Crippen molar-refractivity contribution in [3.63, 3.8) is 0 Å². The molecule has 3 rings (SSSR count). The number of hydrogen-bond acceptors (Lipinski definition) is 3. The lowest BCUT2D eigenvalue weighted by Gasteiger charge is -2.06. The van der Waals surface area contributed by atoms with Gasteiger partial charge in [0.05, 0.1) is 6.20 Å². The fourth-order valence-corrected chi connectivity index (χ4v) is 2.95. The van der Waals surface area contributed by atoms with E-state index in [0.29, 0.717) is 5.15 Å². The van der Waals surface area contributed by atoms with Gasteiger partial charge < -0.3 is 5.11 Å². The average molecular weight is 288 g/mol. The van der Waals surface area contributed by atoms with Crippen molar-refractivity contribution in [2.45, 2.75) is 9.79 Å². The van der Waals surface area contributed by atoms with E-state index in [1.807, 2.05) is 36.4 Å². The summed E-state index contributed by atoms with van der Waals surface area (Å²) in [4.78, 5) is 6.18. The molecule has 0 aliphatic heterocycles. The molecule has 0 atom stereocenters. The highest BCUT2D eigenvalue weighted by Crippen LogP contribution is 2.34. The van der Waals surface area contributed by atoms with Gasteiger partial charge in [-0.15, -0.1) is 0 Å². The number of aromatic nitrogens is 1. The van der Waals surface area contributed by atoms with Crippen LogP contribution in [0.25, 0.3) is 10.8 Å². The van der Waals surface area contributed by atoms with Crippen LogP contribution in [-0.2, 0) is 0 Å². The summed E-state index contributed by atoms with van der Waals surface area (Å²) in [7, 11) is 0. The van der Waals surface area contributed by atoms with Crippen LogP contribution < -0.4 is 0 Å². The maximum absolute atomic E-state index is 9.75. The summed E-state index contributed by atoms with van der Waals surface area (Å²) in [6.45, 7) is 0. The average Bonchev–Trinajstić information content (AvgIpc) is 2.44. The second-order valence-corrected chi connectivity index (χ2v) is 5.56. The van der Waals surface area contributed by atoms with Crippen molar-refractivity contribution in [2.24, 2.45) is 0 Å². The number of pyridine rings is 1. The number of aromatic hydroxyl groups is 1. The maximum Gasteiger partial charge on any atom is 0.141 e. The zero-order valence-corrected chi connectivity index (χ0v) is 11.4. The molecule has 0 fully saturated rings. The van der Waals surface area contributed by atoms with E-state index in [1.54, 1.807) is 11.8 Å². The van der Waals surface area contributed by atoms with Gasteiger partial charge in [0.1, 0.15) is 10.9 Å². The van der Waals surface area contributed by atoms with E-state index in [2.05, 4.69) is 17.1 Å². The fraction of sp³-hybridized carbons (Fsp3) is 0. The minimum Gasteiger partial charge on any atom is -0.506 e. The standard InChI is InChI=1S/C15H10ClNOS/c16-15-13-8-11(19-10-4-2-1-3-5-10)6-7-12(13)14(18)9-17-15/h1-9,18H. The van der Waals surface area contributed by atoms with Gasteiger partial charge in [0, 0.05) is 20.6 Å². The molecule has 0 amide bonds. The van der Waals surface area contributed by atoms with Crippen molar-refractivity contribution in [3.8, 4) is 5.75 Å². The topological polar surface area (TPSA) is 33.1 Å². The Balaban J connectivity index is 2.05. The van der Waals surface area contributed by atoms with E-state index in [9.17, 15) is 5.11 Å². The van der Waals surface area contributed by atoms with Crippen LogP contribution in [-0.4, -0.2) is 10.1 Å². The third kappa shape index (κ3) is 2.53. The largest absolute Gasteiger partial charge is 0.506 e. The van der Waals surface area contributed by atoms with Crippen LogP contribution in [0, 0.1) is 0 Å². The first kappa shape index (κ1) is 12.3. The van der Waals surface area contributed by atoms with E-state index < -0.39 is 0 Å². The van der Waals surface area contributed by atoms with Gasteiger partial charge >= 0.3 is 0 Å². The Morgan fingerprint density at radius 3 is 2.53 bits per heavy atom. The van der Waals surface area contributed by atoms with Crippen LogP contribution in [0.1, 0.15) is 0 Å². The molecule has 0 bridgehead atoms. The van der Waals surface area contributed by atoms with Crippen molar-refractivity contribution in [1.82, 2.24) is 4.98 Å². The zero-order valence-electron chi connectivity index (χ0n) is 9.88. The molecule has 1 aromatic heterocycles. The SMILES string of the molecule is Oc1cnc(Cl)c2cc(Sc3ccccc3)ccc12. The molecule has 0 spiro atoms. The summed E-state index contributed by atoms with van der Waals surface area (Å²) < 4.78 is 0. The smallest absolute Gasteiger partial charge is 0.141 e. The van der Waals surface area contributed by atoms with E-state index >= 15 is 0 Å². The molecule has 4 heteroatoms. The third-order valence-electron chi connectivity index (χ3n) is 2.77. The molecular formula is C15H10ClNOS. The predicted octanol–water partition coefficient (Wildman–Crippen LogP) is 4.75. The highest BCUT2D eigenvalue weighted by atomic mass is 35.5. The number of benzene rings is 2. The second-order valence-electron chi connectivity index (χ2n) is 4.06. The Morgan fingerprint density at radius 1 is 0.947 bits per heavy atom. The molecule has 0 saturated carbocycles. The van der Waals surface area contributed by atoms with E-state index in [0.717, 1.165) is 20.6 Å².